The zero-order chi connectivity index (χ0) is 20.1. The van der Waals surface area contributed by atoms with Crippen molar-refractivity contribution in [2.45, 2.75) is 45.1 Å². The van der Waals surface area contributed by atoms with Crippen LogP contribution in [0.25, 0.3) is 0 Å². The summed E-state index contributed by atoms with van der Waals surface area (Å²) in [6.45, 7) is 6.26. The number of hydrogen-bond donors (Lipinski definition) is 2. The zero-order valence-corrected chi connectivity index (χ0v) is 16.4. The van der Waals surface area contributed by atoms with E-state index >= 15 is 0 Å². The number of nitrogens with zero attached hydrogens (tertiary/aromatic N) is 1. The van der Waals surface area contributed by atoms with Gasteiger partial charge in [-0.1, -0.05) is 31.5 Å². The number of nitrogens with one attached hydrogen (secondary N) is 1. The van der Waals surface area contributed by atoms with E-state index in [1.54, 1.807) is 6.92 Å². The Morgan fingerprint density at radius 3 is 2.52 bits per heavy atom. The number of carbonyl (C=O) groups excluding carboxylic acids is 2. The van der Waals surface area contributed by atoms with Crippen molar-refractivity contribution >= 4 is 23.5 Å². The van der Waals surface area contributed by atoms with Gasteiger partial charge in [0.05, 0.1) is 0 Å². The van der Waals surface area contributed by atoms with E-state index in [2.05, 4.69) is 19.2 Å². The molecule has 148 valence electrons. The molecule has 1 unspecified atom stereocenters. The van der Waals surface area contributed by atoms with Crippen LogP contribution >= 0.6 is 11.6 Å². The lowest BCUT2D eigenvalue weighted by Gasteiger charge is -2.55. The average molecular weight is 400 g/mol. The monoisotopic (exact) mass is 399 g/mol. The number of piperazine rings is 1. The molecular weight excluding hydrogens is 376 g/mol. The van der Waals surface area contributed by atoms with Crippen LogP contribution < -0.4 is 11.1 Å². The van der Waals surface area contributed by atoms with Crippen molar-refractivity contribution in [3.63, 3.8) is 0 Å². The van der Waals surface area contributed by atoms with E-state index in [0.29, 0.717) is 0 Å². The van der Waals surface area contributed by atoms with E-state index in [1.165, 1.54) is 11.0 Å². The number of urea groups is 1. The third-order valence-electron chi connectivity index (χ3n) is 6.01. The maximum Gasteiger partial charge on any atom is 0.315 e. The number of benzene rings is 1. The molecule has 2 atom stereocenters. The molecule has 2 aliphatic rings. The van der Waals surface area contributed by atoms with Crippen LogP contribution in [0, 0.1) is 23.0 Å². The summed E-state index contributed by atoms with van der Waals surface area (Å²) < 4.78 is 28.7. The first-order valence-electron chi connectivity index (χ1n) is 8.98. The molecule has 0 bridgehead atoms. The van der Waals surface area contributed by atoms with E-state index in [-0.39, 0.29) is 30.0 Å². The van der Waals surface area contributed by atoms with Crippen molar-refractivity contribution in [1.29, 1.82) is 0 Å². The highest BCUT2D eigenvalue weighted by Crippen LogP contribution is 2.56. The highest BCUT2D eigenvalue weighted by atomic mass is 35.5. The second-order valence-electron chi connectivity index (χ2n) is 8.47. The molecular formula is C19H24ClF2N3O2. The molecule has 0 radical (unpaired) electrons. The second kappa shape index (κ2) is 6.62. The SMILES string of the molecule is CC1(C)CC([C@@H](c2ccc(F)c(Cl)c2F)C2(C)C(=O)NCCN2C(N)=O)C1. The van der Waals surface area contributed by atoms with Gasteiger partial charge in [0.15, 0.2) is 0 Å². The smallest absolute Gasteiger partial charge is 0.315 e. The Hall–Kier alpha value is -1.89. The summed E-state index contributed by atoms with van der Waals surface area (Å²) in [5.74, 6) is -2.93. The van der Waals surface area contributed by atoms with E-state index in [9.17, 15) is 18.4 Å². The molecule has 2 fully saturated rings. The maximum atomic E-state index is 15.0. The molecule has 1 aliphatic heterocycles. The van der Waals surface area contributed by atoms with E-state index in [0.717, 1.165) is 18.9 Å². The van der Waals surface area contributed by atoms with Crippen LogP contribution in [0.2, 0.25) is 5.02 Å². The van der Waals surface area contributed by atoms with Gasteiger partial charge in [0.1, 0.15) is 22.2 Å². The molecule has 3 amide bonds. The lowest BCUT2D eigenvalue weighted by atomic mass is 9.55. The van der Waals surface area contributed by atoms with Crippen LogP contribution in [0.15, 0.2) is 12.1 Å². The van der Waals surface area contributed by atoms with E-state index in [4.69, 9.17) is 17.3 Å². The first kappa shape index (κ1) is 19.9. The maximum absolute atomic E-state index is 15.0. The molecule has 27 heavy (non-hydrogen) atoms. The minimum atomic E-state index is -1.40. The standard InChI is InChI=1S/C19H24ClF2N3O2/c1-18(2)8-10(9-18)13(11-4-5-12(21)14(20)15(11)22)19(3)16(26)24-6-7-25(19)17(23)27/h4-5,10,13H,6-9H2,1-3H3,(H2,23,27)(H,24,26)/t13-,19?/m0/s1. The normalized spacial score (nSPS) is 26.3. The number of primary amides is 1. The van der Waals surface area contributed by atoms with Gasteiger partial charge in [-0.15, -0.1) is 0 Å². The lowest BCUT2D eigenvalue weighted by Crippen LogP contribution is -2.69. The Balaban J connectivity index is 2.17. The average Bonchev–Trinajstić information content (AvgIpc) is 2.55. The molecule has 3 N–H and O–H groups in total. The van der Waals surface area contributed by atoms with Crippen molar-refractivity contribution in [2.24, 2.45) is 17.1 Å². The molecule has 1 aromatic rings. The number of amides is 3. The van der Waals surface area contributed by atoms with Gasteiger partial charge in [0, 0.05) is 19.0 Å². The minimum Gasteiger partial charge on any atom is -0.352 e. The summed E-state index contributed by atoms with van der Waals surface area (Å²) >= 11 is 5.81. The molecule has 1 heterocycles. The molecule has 1 aromatic carbocycles. The molecule has 1 saturated heterocycles. The van der Waals surface area contributed by atoms with Gasteiger partial charge in [-0.2, -0.15) is 0 Å². The van der Waals surface area contributed by atoms with Crippen LogP contribution in [0.4, 0.5) is 13.6 Å². The van der Waals surface area contributed by atoms with Gasteiger partial charge in [0.2, 0.25) is 5.91 Å². The fraction of sp³-hybridized carbons (Fsp3) is 0.579. The van der Waals surface area contributed by atoms with Gasteiger partial charge in [-0.25, -0.2) is 13.6 Å². The lowest BCUT2D eigenvalue weighted by molar-refractivity contribution is -0.138. The van der Waals surface area contributed by atoms with Crippen molar-refractivity contribution in [2.75, 3.05) is 13.1 Å². The molecule has 5 nitrogen and oxygen atoms in total. The summed E-state index contributed by atoms with van der Waals surface area (Å²) in [6.07, 6.45) is 1.48. The summed E-state index contributed by atoms with van der Waals surface area (Å²) in [5.41, 5.74) is 4.33. The van der Waals surface area contributed by atoms with Gasteiger partial charge in [0.25, 0.3) is 0 Å². The minimum absolute atomic E-state index is 0.0439. The fourth-order valence-corrected chi connectivity index (χ4v) is 5.03. The highest BCUT2D eigenvalue weighted by Gasteiger charge is 2.57. The van der Waals surface area contributed by atoms with Crippen LogP contribution in [0.3, 0.4) is 0 Å². The van der Waals surface area contributed by atoms with Crippen molar-refractivity contribution in [1.82, 2.24) is 10.2 Å². The highest BCUT2D eigenvalue weighted by molar-refractivity contribution is 6.31. The van der Waals surface area contributed by atoms with Crippen LogP contribution in [-0.4, -0.2) is 35.5 Å². The van der Waals surface area contributed by atoms with Gasteiger partial charge < -0.3 is 16.0 Å². The van der Waals surface area contributed by atoms with Crippen molar-refractivity contribution < 1.29 is 18.4 Å². The number of hydrogen-bond acceptors (Lipinski definition) is 2. The van der Waals surface area contributed by atoms with Crippen molar-refractivity contribution in [3.05, 3.63) is 34.4 Å². The molecule has 1 aliphatic carbocycles. The van der Waals surface area contributed by atoms with Crippen LogP contribution in [0.5, 0.6) is 0 Å². The first-order valence-corrected chi connectivity index (χ1v) is 9.35. The molecule has 0 spiro atoms. The summed E-state index contributed by atoms with van der Waals surface area (Å²) in [4.78, 5) is 26.3. The third-order valence-corrected chi connectivity index (χ3v) is 6.36. The van der Waals surface area contributed by atoms with Gasteiger partial charge >= 0.3 is 6.03 Å². The Bertz CT molecular complexity index is 793. The van der Waals surface area contributed by atoms with Crippen LogP contribution in [-0.2, 0) is 4.79 Å². The first-order chi connectivity index (χ1) is 12.5. The second-order valence-corrected chi connectivity index (χ2v) is 8.85. The van der Waals surface area contributed by atoms with Crippen LogP contribution in [0.1, 0.15) is 45.1 Å². The van der Waals surface area contributed by atoms with E-state index in [1.807, 2.05) is 0 Å². The third kappa shape index (κ3) is 3.16. The Labute approximate surface area is 162 Å². The van der Waals surface area contributed by atoms with E-state index < -0.39 is 40.1 Å². The molecule has 0 aromatic heterocycles. The predicted molar refractivity (Wildman–Crippen MR) is 98.3 cm³/mol. The topological polar surface area (TPSA) is 75.4 Å². The van der Waals surface area contributed by atoms with Crippen molar-refractivity contribution in [3.8, 4) is 0 Å². The predicted octanol–water partition coefficient (Wildman–Crippen LogP) is 3.41. The van der Waals surface area contributed by atoms with Gasteiger partial charge in [-0.3, -0.25) is 4.79 Å². The Morgan fingerprint density at radius 1 is 1.33 bits per heavy atom. The summed E-state index contributed by atoms with van der Waals surface area (Å²) in [7, 11) is 0. The number of halogens is 3. The number of nitrogens with two attached hydrogens (primary N) is 1. The Morgan fingerprint density at radius 2 is 1.96 bits per heavy atom. The quantitative estimate of drug-likeness (QED) is 0.764. The summed E-state index contributed by atoms with van der Waals surface area (Å²) in [6, 6.07) is 1.67. The molecule has 1 saturated carbocycles. The zero-order valence-electron chi connectivity index (χ0n) is 15.6. The Kier molecular flexibility index (Phi) is 4.87. The number of rotatable bonds is 3. The summed E-state index contributed by atoms with van der Waals surface area (Å²) in [5, 5.41) is 2.15. The molecule has 3 rings (SSSR count). The van der Waals surface area contributed by atoms with Gasteiger partial charge in [-0.05, 0) is 42.7 Å². The molecule has 8 heteroatoms. The fourth-order valence-electron chi connectivity index (χ4n) is 4.86. The number of carbonyl (C=O) groups is 2. The largest absolute Gasteiger partial charge is 0.352 e.